The van der Waals surface area contributed by atoms with Crippen molar-refractivity contribution in [1.82, 2.24) is 4.98 Å². The van der Waals surface area contributed by atoms with Gasteiger partial charge in [0.15, 0.2) is 15.0 Å². The van der Waals surface area contributed by atoms with Crippen LogP contribution in [0.4, 0.5) is 5.13 Å². The summed E-state index contributed by atoms with van der Waals surface area (Å²) < 4.78 is 24.8. The fraction of sp³-hybridized carbons (Fsp3) is 0.0588. The Balaban J connectivity index is 1.78. The first-order valence-electron chi connectivity index (χ1n) is 7.17. The average molecular weight is 437 g/mol. The van der Waals surface area contributed by atoms with Gasteiger partial charge >= 0.3 is 0 Å². The summed E-state index contributed by atoms with van der Waals surface area (Å²) in [6, 6.07) is 12.3. The molecule has 1 heterocycles. The third-order valence-corrected chi connectivity index (χ3v) is 6.10. The number of thiazole rings is 1. The lowest BCUT2D eigenvalue weighted by Gasteiger charge is -1.97. The van der Waals surface area contributed by atoms with E-state index >= 15 is 0 Å². The van der Waals surface area contributed by atoms with E-state index in [0.717, 1.165) is 16.3 Å². The maximum atomic E-state index is 12.1. The van der Waals surface area contributed by atoms with E-state index in [0.29, 0.717) is 15.3 Å². The number of rotatable bonds is 4. The van der Waals surface area contributed by atoms with Gasteiger partial charge in [0, 0.05) is 16.8 Å². The molecule has 3 aromatic rings. The minimum absolute atomic E-state index is 0.232. The molecule has 0 saturated heterocycles. The maximum Gasteiger partial charge on any atom is 0.250 e. The lowest BCUT2D eigenvalue weighted by molar-refractivity contribution is -0.111. The molecule has 1 aromatic heterocycles. The highest BCUT2D eigenvalue weighted by Crippen LogP contribution is 2.28. The second kappa shape index (κ2) is 7.07. The van der Waals surface area contributed by atoms with Crippen LogP contribution < -0.4 is 5.32 Å². The van der Waals surface area contributed by atoms with Gasteiger partial charge in [0.25, 0.3) is 0 Å². The zero-order valence-electron chi connectivity index (χ0n) is 13.1. The van der Waals surface area contributed by atoms with E-state index in [9.17, 15) is 13.2 Å². The molecule has 0 aliphatic rings. The van der Waals surface area contributed by atoms with Crippen LogP contribution in [-0.2, 0) is 14.6 Å². The summed E-state index contributed by atoms with van der Waals surface area (Å²) in [4.78, 5) is 16.6. The molecule has 0 fully saturated rings. The molecular weight excluding hydrogens is 424 g/mol. The molecule has 2 aromatic carbocycles. The Morgan fingerprint density at radius 3 is 2.72 bits per heavy atom. The number of benzene rings is 2. The number of nitrogens with zero attached hydrogens (tertiary/aromatic N) is 1. The van der Waals surface area contributed by atoms with Crippen LogP contribution in [0, 0.1) is 0 Å². The Kier molecular flexibility index (Phi) is 5.03. The van der Waals surface area contributed by atoms with Gasteiger partial charge in [-0.3, -0.25) is 10.1 Å². The van der Waals surface area contributed by atoms with Gasteiger partial charge in [0.05, 0.1) is 15.1 Å². The standard InChI is InChI=1S/C17H13BrN2O3S2/c1-25(22,23)12-7-8-14-15(10-12)24-17(19-14)20-16(21)9-6-11-4-2-3-5-13(11)18/h2-10H,1H3,(H,19,20,21)/b9-6+. The minimum Gasteiger partial charge on any atom is -0.298 e. The topological polar surface area (TPSA) is 76.1 Å². The largest absolute Gasteiger partial charge is 0.298 e. The Bertz CT molecular complexity index is 1090. The fourth-order valence-electron chi connectivity index (χ4n) is 2.11. The molecule has 0 spiro atoms. The number of nitrogens with one attached hydrogen (secondary N) is 1. The summed E-state index contributed by atoms with van der Waals surface area (Å²) in [6.07, 6.45) is 4.28. The highest BCUT2D eigenvalue weighted by molar-refractivity contribution is 9.10. The Morgan fingerprint density at radius 2 is 2.00 bits per heavy atom. The van der Waals surface area contributed by atoms with Crippen molar-refractivity contribution in [1.29, 1.82) is 0 Å². The first kappa shape index (κ1) is 17.8. The molecule has 0 atom stereocenters. The molecule has 0 aliphatic carbocycles. The highest BCUT2D eigenvalue weighted by atomic mass is 79.9. The number of hydrogen-bond acceptors (Lipinski definition) is 5. The van der Waals surface area contributed by atoms with E-state index in [1.54, 1.807) is 18.2 Å². The van der Waals surface area contributed by atoms with Crippen molar-refractivity contribution in [2.24, 2.45) is 0 Å². The molecular formula is C17H13BrN2O3S2. The van der Waals surface area contributed by atoms with Crippen molar-refractivity contribution in [2.75, 3.05) is 11.6 Å². The first-order valence-corrected chi connectivity index (χ1v) is 10.7. The Morgan fingerprint density at radius 1 is 1.24 bits per heavy atom. The van der Waals surface area contributed by atoms with Crippen molar-refractivity contribution >= 4 is 64.4 Å². The van der Waals surface area contributed by atoms with Crippen molar-refractivity contribution in [3.63, 3.8) is 0 Å². The van der Waals surface area contributed by atoms with E-state index < -0.39 is 9.84 Å². The summed E-state index contributed by atoms with van der Waals surface area (Å²) in [5.41, 5.74) is 1.53. The van der Waals surface area contributed by atoms with E-state index in [2.05, 4.69) is 26.2 Å². The average Bonchev–Trinajstić information content (AvgIpc) is 2.94. The monoisotopic (exact) mass is 436 g/mol. The summed E-state index contributed by atoms with van der Waals surface area (Å²) in [7, 11) is -3.28. The molecule has 0 saturated carbocycles. The summed E-state index contributed by atoms with van der Waals surface area (Å²) in [6.45, 7) is 0. The lowest BCUT2D eigenvalue weighted by Crippen LogP contribution is -2.07. The van der Waals surface area contributed by atoms with Gasteiger partial charge in [-0.1, -0.05) is 45.5 Å². The van der Waals surface area contributed by atoms with E-state index in [1.807, 2.05) is 24.3 Å². The molecule has 0 aliphatic heterocycles. The van der Waals surface area contributed by atoms with Gasteiger partial charge in [0.1, 0.15) is 0 Å². The third-order valence-electron chi connectivity index (χ3n) is 3.34. The Hall–Kier alpha value is -2.03. The number of carbonyl (C=O) groups excluding carboxylic acids is 1. The zero-order chi connectivity index (χ0) is 18.0. The normalized spacial score (nSPS) is 11.9. The number of hydrogen-bond donors (Lipinski definition) is 1. The van der Waals surface area contributed by atoms with Gasteiger partial charge in [-0.05, 0) is 35.9 Å². The predicted molar refractivity (Wildman–Crippen MR) is 105 cm³/mol. The number of anilines is 1. The minimum atomic E-state index is -3.28. The lowest BCUT2D eigenvalue weighted by atomic mass is 10.2. The second-order valence-corrected chi connectivity index (χ2v) is 9.17. The highest BCUT2D eigenvalue weighted by Gasteiger charge is 2.11. The molecule has 5 nitrogen and oxygen atoms in total. The third kappa shape index (κ3) is 4.33. The summed E-state index contributed by atoms with van der Waals surface area (Å²) in [5, 5.41) is 3.12. The number of fused-ring (bicyclic) bond motifs is 1. The number of carbonyl (C=O) groups is 1. The molecule has 25 heavy (non-hydrogen) atoms. The molecule has 3 rings (SSSR count). The van der Waals surface area contributed by atoms with Crippen LogP contribution in [0.25, 0.3) is 16.3 Å². The van der Waals surface area contributed by atoms with Crippen molar-refractivity contribution < 1.29 is 13.2 Å². The molecule has 1 N–H and O–H groups in total. The van der Waals surface area contributed by atoms with Crippen LogP contribution in [0.1, 0.15) is 5.56 Å². The summed E-state index contributed by atoms with van der Waals surface area (Å²) >= 11 is 4.65. The Labute approximate surface area is 157 Å². The van der Waals surface area contributed by atoms with Crippen LogP contribution in [0.3, 0.4) is 0 Å². The van der Waals surface area contributed by atoms with Crippen LogP contribution in [0.5, 0.6) is 0 Å². The molecule has 0 unspecified atom stereocenters. The SMILES string of the molecule is CS(=O)(=O)c1ccc2nc(NC(=O)/C=C/c3ccccc3Br)sc2c1. The maximum absolute atomic E-state index is 12.1. The second-order valence-electron chi connectivity index (χ2n) is 5.26. The quantitative estimate of drug-likeness (QED) is 0.624. The van der Waals surface area contributed by atoms with E-state index in [1.165, 1.54) is 23.5 Å². The van der Waals surface area contributed by atoms with Gasteiger partial charge in [-0.15, -0.1) is 0 Å². The fourth-order valence-corrected chi connectivity index (χ4v) is 4.16. The first-order chi connectivity index (χ1) is 11.8. The van der Waals surface area contributed by atoms with Crippen LogP contribution >= 0.6 is 27.3 Å². The van der Waals surface area contributed by atoms with E-state index in [-0.39, 0.29) is 10.8 Å². The molecule has 0 bridgehead atoms. The van der Waals surface area contributed by atoms with Crippen molar-refractivity contribution in [3.8, 4) is 0 Å². The van der Waals surface area contributed by atoms with Gasteiger partial charge in [-0.2, -0.15) is 0 Å². The van der Waals surface area contributed by atoms with Gasteiger partial charge < -0.3 is 0 Å². The molecule has 8 heteroatoms. The van der Waals surface area contributed by atoms with E-state index in [4.69, 9.17) is 0 Å². The van der Waals surface area contributed by atoms with Crippen LogP contribution in [0.15, 0.2) is 57.9 Å². The van der Waals surface area contributed by atoms with Crippen LogP contribution in [-0.4, -0.2) is 25.6 Å². The molecule has 128 valence electrons. The molecule has 1 amide bonds. The predicted octanol–water partition coefficient (Wildman–Crippen LogP) is 4.11. The number of halogens is 1. The number of amides is 1. The summed E-state index contributed by atoms with van der Waals surface area (Å²) in [5.74, 6) is -0.307. The van der Waals surface area contributed by atoms with Crippen LogP contribution in [0.2, 0.25) is 0 Å². The van der Waals surface area contributed by atoms with Gasteiger partial charge in [0.2, 0.25) is 5.91 Å². The number of sulfone groups is 1. The number of aromatic nitrogens is 1. The van der Waals surface area contributed by atoms with Crippen molar-refractivity contribution in [3.05, 3.63) is 58.6 Å². The zero-order valence-corrected chi connectivity index (χ0v) is 16.3. The van der Waals surface area contributed by atoms with Crippen molar-refractivity contribution in [2.45, 2.75) is 4.90 Å². The van der Waals surface area contributed by atoms with Gasteiger partial charge in [-0.25, -0.2) is 13.4 Å². The molecule has 0 radical (unpaired) electrons. The smallest absolute Gasteiger partial charge is 0.250 e.